The van der Waals surface area contributed by atoms with Crippen molar-refractivity contribution in [2.24, 2.45) is 4.99 Å². The molecule has 1 saturated heterocycles. The van der Waals surface area contributed by atoms with Gasteiger partial charge in [0, 0.05) is 42.3 Å². The summed E-state index contributed by atoms with van der Waals surface area (Å²) in [6, 6.07) is 4.55. The lowest BCUT2D eigenvalue weighted by Gasteiger charge is -2.22. The summed E-state index contributed by atoms with van der Waals surface area (Å²) in [5.41, 5.74) is 3.74. The lowest BCUT2D eigenvalue weighted by Crippen LogP contribution is -2.18. The molecule has 0 saturated carbocycles. The van der Waals surface area contributed by atoms with Crippen molar-refractivity contribution in [2.75, 3.05) is 20.7 Å². The smallest absolute Gasteiger partial charge is 0.196 e. The quantitative estimate of drug-likeness (QED) is 0.188. The fourth-order valence-electron chi connectivity index (χ4n) is 3.96. The Morgan fingerprint density at radius 1 is 1.33 bits per heavy atom. The third kappa shape index (κ3) is 4.07. The molecular formula is C23H21BrFN5O2S. The zero-order valence-corrected chi connectivity index (χ0v) is 20.5. The van der Waals surface area contributed by atoms with Gasteiger partial charge in [-0.1, -0.05) is 0 Å². The normalized spacial score (nSPS) is 16.8. The van der Waals surface area contributed by atoms with E-state index >= 15 is 0 Å². The van der Waals surface area contributed by atoms with Crippen LogP contribution in [-0.2, 0) is 4.74 Å². The Labute approximate surface area is 202 Å². The summed E-state index contributed by atoms with van der Waals surface area (Å²) in [5, 5.41) is 4.87. The second-order valence-corrected chi connectivity index (χ2v) is 9.82. The van der Waals surface area contributed by atoms with Crippen molar-refractivity contribution in [1.82, 2.24) is 19.7 Å². The van der Waals surface area contributed by atoms with E-state index in [1.807, 2.05) is 14.1 Å². The maximum atomic E-state index is 14.7. The highest BCUT2D eigenvalue weighted by Gasteiger charge is 2.25. The average Bonchev–Trinajstić information content (AvgIpc) is 3.47. The highest BCUT2D eigenvalue weighted by Crippen LogP contribution is 2.39. The van der Waals surface area contributed by atoms with Gasteiger partial charge in [-0.15, -0.1) is 11.3 Å². The van der Waals surface area contributed by atoms with Crippen LogP contribution in [0.5, 0.6) is 0 Å². The number of ketones is 1. The minimum Gasteiger partial charge on any atom is -0.369 e. The summed E-state index contributed by atoms with van der Waals surface area (Å²) in [7, 11) is 3.71. The van der Waals surface area contributed by atoms with Gasteiger partial charge < -0.3 is 9.64 Å². The number of carbonyl (C=O) groups is 1. The molecule has 0 bridgehead atoms. The first kappa shape index (κ1) is 22.1. The van der Waals surface area contributed by atoms with Crippen molar-refractivity contribution >= 4 is 66.2 Å². The fraction of sp³-hybridized carbons (Fsp3) is 0.304. The van der Waals surface area contributed by atoms with E-state index in [1.165, 1.54) is 23.5 Å². The molecule has 1 fully saturated rings. The van der Waals surface area contributed by atoms with Gasteiger partial charge in [-0.3, -0.25) is 4.79 Å². The minimum atomic E-state index is -0.474. The topological polar surface area (TPSA) is 72.6 Å². The Bertz CT molecular complexity index is 1390. The molecule has 1 atom stereocenters. The molecule has 2 aromatic heterocycles. The molecule has 0 spiro atoms. The van der Waals surface area contributed by atoms with Crippen LogP contribution < -0.4 is 0 Å². The summed E-state index contributed by atoms with van der Waals surface area (Å²) < 4.78 is 23.8. The minimum absolute atomic E-state index is 0.155. The fourth-order valence-corrected chi connectivity index (χ4v) is 5.36. The first-order valence-corrected chi connectivity index (χ1v) is 12.2. The molecule has 4 aromatic rings. The van der Waals surface area contributed by atoms with Crippen LogP contribution in [0.15, 0.2) is 39.4 Å². The maximum Gasteiger partial charge on any atom is 0.196 e. The van der Waals surface area contributed by atoms with Crippen LogP contribution in [0.3, 0.4) is 0 Å². The Morgan fingerprint density at radius 2 is 2.18 bits per heavy atom. The van der Waals surface area contributed by atoms with Gasteiger partial charge in [-0.2, -0.15) is 5.10 Å². The van der Waals surface area contributed by atoms with Crippen molar-refractivity contribution < 1.29 is 13.9 Å². The standard InChI is InChI=1S/C23H21BrFN5O2S/c1-29(2)11-26-20-14(9-16(24)23-21(20)27-12-33-23)22(31)13-6-7-17(25)19-15(13)10-30(28-19)18-5-3-4-8-32-18/h6-7,9-12,18H,3-5,8H2,1-2H3/b26-11+. The van der Waals surface area contributed by atoms with Gasteiger partial charge in [0.25, 0.3) is 0 Å². The van der Waals surface area contributed by atoms with Gasteiger partial charge in [0.1, 0.15) is 22.9 Å². The Hall–Kier alpha value is -2.69. The van der Waals surface area contributed by atoms with Crippen LogP contribution in [0.4, 0.5) is 10.1 Å². The number of aliphatic imine (C=N–C) groups is 1. The van der Waals surface area contributed by atoms with Gasteiger partial charge >= 0.3 is 0 Å². The summed E-state index contributed by atoms with van der Waals surface area (Å²) >= 11 is 5.03. The predicted molar refractivity (Wildman–Crippen MR) is 131 cm³/mol. The number of nitrogens with zero attached hydrogens (tertiary/aromatic N) is 5. The number of thiazole rings is 1. The number of halogens is 2. The zero-order valence-electron chi connectivity index (χ0n) is 18.1. The second-order valence-electron chi connectivity index (χ2n) is 8.11. The van der Waals surface area contributed by atoms with Crippen LogP contribution in [-0.4, -0.2) is 52.5 Å². The molecular weight excluding hydrogens is 509 g/mol. The molecule has 170 valence electrons. The van der Waals surface area contributed by atoms with Crippen molar-refractivity contribution in [2.45, 2.75) is 25.5 Å². The molecule has 1 unspecified atom stereocenters. The van der Waals surface area contributed by atoms with Gasteiger partial charge in [0.15, 0.2) is 11.6 Å². The number of aromatic nitrogens is 3. The number of hydrogen-bond acceptors (Lipinski definition) is 6. The molecule has 1 aliphatic heterocycles. The van der Waals surface area contributed by atoms with Gasteiger partial charge in [0.05, 0.1) is 22.1 Å². The monoisotopic (exact) mass is 529 g/mol. The van der Waals surface area contributed by atoms with E-state index in [-0.39, 0.29) is 17.5 Å². The lowest BCUT2D eigenvalue weighted by molar-refractivity contribution is -0.0391. The molecule has 5 rings (SSSR count). The number of ether oxygens (including phenoxy) is 1. The molecule has 0 amide bonds. The summed E-state index contributed by atoms with van der Waals surface area (Å²) in [5.74, 6) is -0.747. The van der Waals surface area contributed by atoms with Crippen LogP contribution >= 0.6 is 27.3 Å². The first-order chi connectivity index (χ1) is 15.9. The zero-order chi connectivity index (χ0) is 23.1. The lowest BCUT2D eigenvalue weighted by atomic mass is 9.98. The number of rotatable bonds is 5. The maximum absolute atomic E-state index is 14.7. The van der Waals surface area contributed by atoms with Crippen molar-refractivity contribution in [3.05, 3.63) is 51.3 Å². The number of hydrogen-bond donors (Lipinski definition) is 0. The molecule has 7 nitrogen and oxygen atoms in total. The second kappa shape index (κ2) is 8.92. The molecule has 3 heterocycles. The number of fused-ring (bicyclic) bond motifs is 2. The highest BCUT2D eigenvalue weighted by molar-refractivity contribution is 9.10. The molecule has 0 aliphatic carbocycles. The Morgan fingerprint density at radius 3 is 2.94 bits per heavy atom. The Kier molecular flexibility index (Phi) is 5.98. The molecule has 0 N–H and O–H groups in total. The predicted octanol–water partition coefficient (Wildman–Crippen LogP) is 5.70. The first-order valence-electron chi connectivity index (χ1n) is 10.5. The van der Waals surface area contributed by atoms with Crippen molar-refractivity contribution in [3.63, 3.8) is 0 Å². The van der Waals surface area contributed by atoms with Crippen LogP contribution in [0, 0.1) is 5.82 Å². The van der Waals surface area contributed by atoms with Gasteiger partial charge in [-0.25, -0.2) is 19.0 Å². The Balaban J connectivity index is 1.67. The van der Waals surface area contributed by atoms with E-state index in [9.17, 15) is 9.18 Å². The molecule has 2 aromatic carbocycles. The highest BCUT2D eigenvalue weighted by atomic mass is 79.9. The van der Waals surface area contributed by atoms with E-state index in [0.29, 0.717) is 34.3 Å². The summed E-state index contributed by atoms with van der Waals surface area (Å²) in [6.45, 7) is 0.643. The molecule has 0 radical (unpaired) electrons. The van der Waals surface area contributed by atoms with E-state index in [0.717, 1.165) is 28.4 Å². The van der Waals surface area contributed by atoms with E-state index in [1.54, 1.807) is 33.7 Å². The van der Waals surface area contributed by atoms with Gasteiger partial charge in [0.2, 0.25) is 0 Å². The average molecular weight is 530 g/mol. The molecule has 1 aliphatic rings. The van der Waals surface area contributed by atoms with E-state index in [4.69, 9.17) is 4.74 Å². The van der Waals surface area contributed by atoms with Crippen LogP contribution in [0.1, 0.15) is 41.4 Å². The SMILES string of the molecule is CN(C)/C=N/c1c(C(=O)c2ccc(F)c3nn(C4CCCCO4)cc23)cc(Br)c2scnc12. The third-order valence-corrected chi connectivity index (χ3v) is 7.28. The third-order valence-electron chi connectivity index (χ3n) is 5.54. The van der Waals surface area contributed by atoms with Crippen molar-refractivity contribution in [1.29, 1.82) is 0 Å². The summed E-state index contributed by atoms with van der Waals surface area (Å²) in [4.78, 5) is 24.6. The molecule has 10 heteroatoms. The number of carbonyl (C=O) groups excluding carboxylic acids is 1. The van der Waals surface area contributed by atoms with Crippen LogP contribution in [0.25, 0.3) is 21.1 Å². The van der Waals surface area contributed by atoms with Gasteiger partial charge in [-0.05, 0) is 53.4 Å². The summed E-state index contributed by atoms with van der Waals surface area (Å²) in [6.07, 6.45) is 5.91. The largest absolute Gasteiger partial charge is 0.369 e. The van der Waals surface area contributed by atoms with Crippen LogP contribution in [0.2, 0.25) is 0 Å². The van der Waals surface area contributed by atoms with E-state index in [2.05, 4.69) is 31.0 Å². The molecule has 33 heavy (non-hydrogen) atoms. The van der Waals surface area contributed by atoms with E-state index < -0.39 is 5.82 Å². The van der Waals surface area contributed by atoms with Crippen molar-refractivity contribution in [3.8, 4) is 0 Å². The number of benzene rings is 2.